The predicted molar refractivity (Wildman–Crippen MR) is 142 cm³/mol. The van der Waals surface area contributed by atoms with Crippen molar-refractivity contribution in [2.75, 3.05) is 26.4 Å². The molecule has 0 bridgehead atoms. The molecule has 0 saturated carbocycles. The average molecular weight is 489 g/mol. The van der Waals surface area contributed by atoms with Gasteiger partial charge in [-0.05, 0) is 46.2 Å². The molecule has 0 amide bonds. The fourth-order valence-corrected chi connectivity index (χ4v) is 7.66. The summed E-state index contributed by atoms with van der Waals surface area (Å²) < 4.78 is 14.5. The summed E-state index contributed by atoms with van der Waals surface area (Å²) in [5, 5.41) is 11.5. The Hall–Kier alpha value is -1.98. The van der Waals surface area contributed by atoms with Crippen molar-refractivity contribution >= 4 is 33.4 Å². The third kappa shape index (κ3) is 3.76. The molecule has 34 heavy (non-hydrogen) atoms. The molecular formula is C30H32O2S2. The summed E-state index contributed by atoms with van der Waals surface area (Å²) in [4.78, 5) is 2.88. The first-order valence-electron chi connectivity index (χ1n) is 12.8. The van der Waals surface area contributed by atoms with Crippen LogP contribution in [-0.4, -0.2) is 26.4 Å². The van der Waals surface area contributed by atoms with Crippen molar-refractivity contribution in [2.45, 2.75) is 52.4 Å². The number of hydrogen-bond acceptors (Lipinski definition) is 4. The Morgan fingerprint density at radius 2 is 1.00 bits per heavy atom. The van der Waals surface area contributed by atoms with Crippen LogP contribution >= 0.6 is 22.7 Å². The summed E-state index contributed by atoms with van der Waals surface area (Å²) in [6.07, 6.45) is 6.72. The molecule has 2 aromatic carbocycles. The second-order valence-corrected chi connectivity index (χ2v) is 11.7. The smallest absolute Gasteiger partial charge is 0.0514 e. The number of thiophene rings is 2. The van der Waals surface area contributed by atoms with Gasteiger partial charge >= 0.3 is 0 Å². The molecule has 0 atom stereocenters. The zero-order valence-corrected chi connectivity index (χ0v) is 21.8. The molecule has 2 aliphatic rings. The largest absolute Gasteiger partial charge is 0.381 e. The standard InChI is InChI=1S/C30H32O2S2/c1-3-5-13-31-15-11-19-17-25-21-7-10-24-28-22(8-9-23(27(21)28)29(25)33-19)26-18-20(34-30(24)26)12-16-32-14-6-4-2/h7-10,17-18H,3-6,11-16H2,1-2H3. The van der Waals surface area contributed by atoms with Crippen molar-refractivity contribution in [3.8, 4) is 0 Å². The van der Waals surface area contributed by atoms with Gasteiger partial charge in [-0.2, -0.15) is 0 Å². The van der Waals surface area contributed by atoms with E-state index in [0.717, 1.165) is 52.1 Å². The van der Waals surface area contributed by atoms with E-state index in [0.29, 0.717) is 0 Å². The molecule has 0 N–H and O–H groups in total. The molecular weight excluding hydrogens is 456 g/mol. The summed E-state index contributed by atoms with van der Waals surface area (Å²) >= 11 is 3.92. The third-order valence-corrected chi connectivity index (χ3v) is 9.52. The van der Waals surface area contributed by atoms with Gasteiger partial charge in [0.15, 0.2) is 0 Å². The van der Waals surface area contributed by atoms with Crippen LogP contribution in [0.15, 0.2) is 36.4 Å². The van der Waals surface area contributed by atoms with Crippen LogP contribution in [0.3, 0.4) is 0 Å². The lowest BCUT2D eigenvalue weighted by Gasteiger charge is -2.02. The maximum atomic E-state index is 5.82. The lowest BCUT2D eigenvalue weighted by Crippen LogP contribution is -1.98. The van der Waals surface area contributed by atoms with Crippen LogP contribution in [0.2, 0.25) is 0 Å². The van der Waals surface area contributed by atoms with Crippen molar-refractivity contribution in [1.82, 2.24) is 0 Å². The molecule has 6 rings (SSSR count). The molecule has 0 unspecified atom stereocenters. The van der Waals surface area contributed by atoms with Crippen molar-refractivity contribution in [3.63, 3.8) is 0 Å². The summed E-state index contributed by atoms with van der Waals surface area (Å²) in [6.45, 7) is 7.83. The van der Waals surface area contributed by atoms with Gasteiger partial charge in [-0.15, -0.1) is 22.7 Å². The molecule has 0 radical (unpaired) electrons. The second kappa shape index (κ2) is 9.58. The highest BCUT2D eigenvalue weighted by atomic mass is 32.1. The zero-order chi connectivity index (χ0) is 23.1. The Morgan fingerprint density at radius 3 is 1.44 bits per heavy atom. The number of ether oxygens (including phenoxy) is 2. The highest BCUT2D eigenvalue weighted by molar-refractivity contribution is 7.10. The van der Waals surface area contributed by atoms with Gasteiger partial charge < -0.3 is 9.47 Å². The van der Waals surface area contributed by atoms with Crippen LogP contribution in [0, 0.1) is 40.4 Å². The molecule has 2 aromatic heterocycles. The van der Waals surface area contributed by atoms with Gasteiger partial charge in [0.1, 0.15) is 0 Å². The highest BCUT2D eigenvalue weighted by Crippen LogP contribution is 2.33. The zero-order valence-electron chi connectivity index (χ0n) is 20.2. The first-order chi connectivity index (χ1) is 16.8. The molecule has 0 saturated heterocycles. The molecule has 4 aromatic rings. The molecule has 2 aliphatic carbocycles. The molecule has 2 heterocycles. The van der Waals surface area contributed by atoms with Crippen molar-refractivity contribution in [2.24, 2.45) is 0 Å². The quantitative estimate of drug-likeness (QED) is 0.167. The van der Waals surface area contributed by atoms with Gasteiger partial charge in [0.25, 0.3) is 0 Å². The maximum absolute atomic E-state index is 5.82. The summed E-state index contributed by atoms with van der Waals surface area (Å²) in [7, 11) is 0. The van der Waals surface area contributed by atoms with E-state index < -0.39 is 0 Å². The van der Waals surface area contributed by atoms with E-state index in [2.05, 4.69) is 50.2 Å². The Bertz CT molecular complexity index is 1510. The Kier molecular flexibility index (Phi) is 6.33. The lowest BCUT2D eigenvalue weighted by molar-refractivity contribution is 0.134. The lowest BCUT2D eigenvalue weighted by atomic mass is 10.1. The number of benzene rings is 2. The van der Waals surface area contributed by atoms with Crippen LogP contribution in [-0.2, 0) is 22.3 Å². The number of unbranched alkanes of at least 4 members (excludes halogenated alkanes) is 2. The SMILES string of the molecule is CCCCOCCc1cc2c(s1)=c1ccc3c4c(ccc=2c14)=c1sc(CCOCCCC)cc1=3. The van der Waals surface area contributed by atoms with E-state index in [4.69, 9.17) is 9.47 Å². The first-order valence-corrected chi connectivity index (χ1v) is 14.5. The fourth-order valence-electron chi connectivity index (χ4n) is 5.30. The van der Waals surface area contributed by atoms with Gasteiger partial charge in [0.2, 0.25) is 0 Å². The van der Waals surface area contributed by atoms with Crippen molar-refractivity contribution < 1.29 is 9.47 Å². The Labute approximate surface area is 207 Å². The molecule has 0 fully saturated rings. The number of rotatable bonds is 12. The van der Waals surface area contributed by atoms with Crippen LogP contribution in [0.1, 0.15) is 49.3 Å². The monoisotopic (exact) mass is 488 g/mol. The topological polar surface area (TPSA) is 18.5 Å². The Morgan fingerprint density at radius 1 is 0.559 bits per heavy atom. The van der Waals surface area contributed by atoms with Crippen LogP contribution in [0.5, 0.6) is 0 Å². The molecule has 0 spiro atoms. The minimum Gasteiger partial charge on any atom is -0.381 e. The number of hydrogen-bond donors (Lipinski definition) is 0. The minimum absolute atomic E-state index is 0.825. The van der Waals surface area contributed by atoms with Gasteiger partial charge in [-0.25, -0.2) is 0 Å². The summed E-state index contributed by atoms with van der Waals surface area (Å²) in [5.74, 6) is 0. The molecule has 176 valence electrons. The third-order valence-electron chi connectivity index (χ3n) is 7.07. The summed E-state index contributed by atoms with van der Waals surface area (Å²) in [5.41, 5.74) is 0. The van der Waals surface area contributed by atoms with Crippen LogP contribution in [0.25, 0.3) is 10.8 Å². The highest BCUT2D eigenvalue weighted by Gasteiger charge is 2.15. The van der Waals surface area contributed by atoms with Crippen LogP contribution < -0.4 is 0 Å². The van der Waals surface area contributed by atoms with E-state index in [1.165, 1.54) is 73.7 Å². The number of fused-ring (bicyclic) bond motifs is 2. The van der Waals surface area contributed by atoms with E-state index in [1.54, 1.807) is 0 Å². The molecule has 4 heteroatoms. The van der Waals surface area contributed by atoms with E-state index in [-0.39, 0.29) is 0 Å². The minimum atomic E-state index is 0.825. The van der Waals surface area contributed by atoms with Crippen LogP contribution in [0.4, 0.5) is 0 Å². The van der Waals surface area contributed by atoms with Gasteiger partial charge in [0.05, 0.1) is 13.2 Å². The second-order valence-electron chi connectivity index (χ2n) is 9.41. The van der Waals surface area contributed by atoms with E-state index >= 15 is 0 Å². The van der Waals surface area contributed by atoms with E-state index in [9.17, 15) is 0 Å². The van der Waals surface area contributed by atoms with Crippen molar-refractivity contribution in [1.29, 1.82) is 0 Å². The van der Waals surface area contributed by atoms with Crippen molar-refractivity contribution in [3.05, 3.63) is 86.5 Å². The Balaban J connectivity index is 1.38. The maximum Gasteiger partial charge on any atom is 0.0514 e. The average Bonchev–Trinajstić information content (AvgIpc) is 3.58. The van der Waals surface area contributed by atoms with Gasteiger partial charge in [-0.1, -0.05) is 51.0 Å². The fraction of sp³-hybridized carbons (Fsp3) is 0.400. The predicted octanol–water partition coefficient (Wildman–Crippen LogP) is 7.46. The molecule has 2 nitrogen and oxygen atoms in total. The van der Waals surface area contributed by atoms with Gasteiger partial charge in [-0.3, -0.25) is 0 Å². The van der Waals surface area contributed by atoms with Gasteiger partial charge in [0, 0.05) is 65.7 Å². The van der Waals surface area contributed by atoms with E-state index in [1.807, 2.05) is 22.7 Å². The summed E-state index contributed by atoms with van der Waals surface area (Å²) in [6, 6.07) is 14.3. The normalized spacial score (nSPS) is 12.6. The molecule has 0 aliphatic heterocycles. The first kappa shape index (κ1) is 22.5.